The van der Waals surface area contributed by atoms with Crippen LogP contribution in [0.5, 0.6) is 0 Å². The van der Waals surface area contributed by atoms with Crippen LogP contribution in [-0.2, 0) is 4.79 Å². The molecule has 0 bridgehead atoms. The topological polar surface area (TPSA) is 46.3 Å². The number of hydrogen-bond acceptors (Lipinski definition) is 2. The smallest absolute Gasteiger partial charge is 0.241 e. The van der Waals surface area contributed by atoms with Crippen molar-refractivity contribution in [3.05, 3.63) is 0 Å². The van der Waals surface area contributed by atoms with Gasteiger partial charge in [-0.25, -0.2) is 0 Å². The summed E-state index contributed by atoms with van der Waals surface area (Å²) in [6.45, 7) is 8.52. The molecule has 0 heterocycles. The van der Waals surface area contributed by atoms with Gasteiger partial charge >= 0.3 is 0 Å². The van der Waals surface area contributed by atoms with Gasteiger partial charge in [0.2, 0.25) is 5.91 Å². The molecule has 0 aliphatic heterocycles. The van der Waals surface area contributed by atoms with Gasteiger partial charge in [0.1, 0.15) is 0 Å². The monoisotopic (exact) mass is 186 g/mol. The molecule has 0 saturated heterocycles. The van der Waals surface area contributed by atoms with Crippen molar-refractivity contribution in [2.45, 2.75) is 39.7 Å². The summed E-state index contributed by atoms with van der Waals surface area (Å²) in [4.78, 5) is 13.3. The number of carbonyl (C=O) groups is 1. The summed E-state index contributed by atoms with van der Waals surface area (Å²) in [5.41, 5.74) is 4.96. The summed E-state index contributed by atoms with van der Waals surface area (Å²) < 4.78 is 0. The molecule has 0 radical (unpaired) electrons. The van der Waals surface area contributed by atoms with E-state index in [2.05, 4.69) is 13.8 Å². The average molecular weight is 186 g/mol. The van der Waals surface area contributed by atoms with Crippen LogP contribution in [0.4, 0.5) is 0 Å². The van der Waals surface area contributed by atoms with Gasteiger partial charge in [-0.2, -0.15) is 0 Å². The van der Waals surface area contributed by atoms with Gasteiger partial charge in [0.05, 0.1) is 5.54 Å². The lowest BCUT2D eigenvalue weighted by atomic mass is 10.0. The second-order valence-electron chi connectivity index (χ2n) is 4.42. The molecule has 1 amide bonds. The first kappa shape index (κ1) is 12.4. The predicted octanol–water partition coefficient (Wildman–Crippen LogP) is 1.23. The Labute approximate surface area is 81.3 Å². The van der Waals surface area contributed by atoms with Gasteiger partial charge in [-0.1, -0.05) is 20.3 Å². The fourth-order valence-corrected chi connectivity index (χ4v) is 1.17. The second kappa shape index (κ2) is 4.61. The summed E-state index contributed by atoms with van der Waals surface area (Å²) in [6.07, 6.45) is 1.09. The standard InChI is InChI=1S/C10H22N2O/c1-6-8(2)7-12(5)9(13)10(3,4)11/h8H,6-7,11H2,1-5H3. The zero-order valence-corrected chi connectivity index (χ0v) is 9.42. The maximum Gasteiger partial charge on any atom is 0.241 e. The molecule has 2 N–H and O–H groups in total. The van der Waals surface area contributed by atoms with Gasteiger partial charge in [0.15, 0.2) is 0 Å². The van der Waals surface area contributed by atoms with Gasteiger partial charge in [-0.3, -0.25) is 4.79 Å². The third-order valence-electron chi connectivity index (χ3n) is 2.18. The van der Waals surface area contributed by atoms with Crippen LogP contribution in [-0.4, -0.2) is 29.9 Å². The van der Waals surface area contributed by atoms with E-state index >= 15 is 0 Å². The Balaban J connectivity index is 4.12. The van der Waals surface area contributed by atoms with Gasteiger partial charge in [0, 0.05) is 13.6 Å². The normalized spacial score (nSPS) is 14.0. The zero-order chi connectivity index (χ0) is 10.6. The van der Waals surface area contributed by atoms with E-state index in [0.29, 0.717) is 5.92 Å². The van der Waals surface area contributed by atoms with Crippen molar-refractivity contribution in [3.63, 3.8) is 0 Å². The van der Waals surface area contributed by atoms with Crippen LogP contribution in [0.2, 0.25) is 0 Å². The second-order valence-corrected chi connectivity index (χ2v) is 4.42. The van der Waals surface area contributed by atoms with Crippen molar-refractivity contribution in [3.8, 4) is 0 Å². The van der Waals surface area contributed by atoms with Crippen LogP contribution in [0, 0.1) is 5.92 Å². The van der Waals surface area contributed by atoms with Crippen molar-refractivity contribution < 1.29 is 4.79 Å². The number of rotatable bonds is 4. The first-order valence-corrected chi connectivity index (χ1v) is 4.83. The van der Waals surface area contributed by atoms with Crippen LogP contribution >= 0.6 is 0 Å². The molecular weight excluding hydrogens is 164 g/mol. The highest BCUT2D eigenvalue weighted by atomic mass is 16.2. The number of amides is 1. The minimum atomic E-state index is -0.748. The average Bonchev–Trinajstić information content (AvgIpc) is 2.01. The van der Waals surface area contributed by atoms with Gasteiger partial charge in [0.25, 0.3) is 0 Å². The highest BCUT2D eigenvalue weighted by molar-refractivity contribution is 5.84. The third-order valence-corrected chi connectivity index (χ3v) is 2.18. The summed E-state index contributed by atoms with van der Waals surface area (Å²) in [5, 5.41) is 0. The Morgan fingerprint density at radius 3 is 2.31 bits per heavy atom. The van der Waals surface area contributed by atoms with Crippen LogP contribution in [0.3, 0.4) is 0 Å². The van der Waals surface area contributed by atoms with E-state index in [0.717, 1.165) is 13.0 Å². The molecule has 0 aliphatic rings. The number of nitrogens with zero attached hydrogens (tertiary/aromatic N) is 1. The molecule has 1 unspecified atom stereocenters. The van der Waals surface area contributed by atoms with Crippen molar-refractivity contribution in [1.29, 1.82) is 0 Å². The lowest BCUT2D eigenvalue weighted by Crippen LogP contribution is -2.50. The highest BCUT2D eigenvalue weighted by Crippen LogP contribution is 2.07. The molecule has 3 nitrogen and oxygen atoms in total. The molecule has 0 rings (SSSR count). The Kier molecular flexibility index (Phi) is 4.40. The van der Waals surface area contributed by atoms with Crippen molar-refractivity contribution in [2.75, 3.05) is 13.6 Å². The summed E-state index contributed by atoms with van der Waals surface area (Å²) >= 11 is 0. The van der Waals surface area contributed by atoms with E-state index in [-0.39, 0.29) is 5.91 Å². The number of likely N-dealkylation sites (N-methyl/N-ethyl adjacent to an activating group) is 1. The fraction of sp³-hybridized carbons (Fsp3) is 0.900. The zero-order valence-electron chi connectivity index (χ0n) is 9.42. The minimum Gasteiger partial charge on any atom is -0.344 e. The van der Waals surface area contributed by atoms with E-state index in [1.54, 1.807) is 18.7 Å². The van der Waals surface area contributed by atoms with Crippen LogP contribution in [0.25, 0.3) is 0 Å². The van der Waals surface area contributed by atoms with Crippen LogP contribution in [0.1, 0.15) is 34.1 Å². The molecule has 0 fully saturated rings. The SMILES string of the molecule is CCC(C)CN(C)C(=O)C(C)(C)N. The van der Waals surface area contributed by atoms with E-state index in [1.807, 2.05) is 7.05 Å². The molecular formula is C10H22N2O. The molecule has 0 aromatic heterocycles. The molecule has 78 valence electrons. The first-order chi connectivity index (χ1) is 5.79. The Hall–Kier alpha value is -0.570. The summed E-state index contributed by atoms with van der Waals surface area (Å²) in [5.74, 6) is 0.545. The molecule has 0 aliphatic carbocycles. The highest BCUT2D eigenvalue weighted by Gasteiger charge is 2.25. The van der Waals surface area contributed by atoms with E-state index in [4.69, 9.17) is 5.73 Å². The maximum atomic E-state index is 11.6. The van der Waals surface area contributed by atoms with Crippen LogP contribution in [0.15, 0.2) is 0 Å². The van der Waals surface area contributed by atoms with E-state index in [1.165, 1.54) is 0 Å². The molecule has 0 spiro atoms. The van der Waals surface area contributed by atoms with Gasteiger partial charge in [-0.15, -0.1) is 0 Å². The Morgan fingerprint density at radius 1 is 1.54 bits per heavy atom. The summed E-state index contributed by atoms with van der Waals surface area (Å²) in [7, 11) is 1.81. The molecule has 3 heteroatoms. The number of hydrogen-bond donors (Lipinski definition) is 1. The Morgan fingerprint density at radius 2 is 2.00 bits per heavy atom. The van der Waals surface area contributed by atoms with E-state index in [9.17, 15) is 4.79 Å². The summed E-state index contributed by atoms with van der Waals surface area (Å²) in [6, 6.07) is 0. The largest absolute Gasteiger partial charge is 0.344 e. The van der Waals surface area contributed by atoms with Crippen LogP contribution < -0.4 is 5.73 Å². The van der Waals surface area contributed by atoms with Gasteiger partial charge in [-0.05, 0) is 19.8 Å². The minimum absolute atomic E-state index is 0.00722. The van der Waals surface area contributed by atoms with Gasteiger partial charge < -0.3 is 10.6 Å². The third kappa shape index (κ3) is 4.27. The fourth-order valence-electron chi connectivity index (χ4n) is 1.17. The molecule has 1 atom stereocenters. The lowest BCUT2D eigenvalue weighted by molar-refractivity contribution is -0.134. The molecule has 0 saturated carbocycles. The Bertz CT molecular complexity index is 172. The van der Waals surface area contributed by atoms with Crippen molar-refractivity contribution >= 4 is 5.91 Å². The first-order valence-electron chi connectivity index (χ1n) is 4.83. The molecule has 0 aromatic rings. The van der Waals surface area contributed by atoms with Crippen molar-refractivity contribution in [1.82, 2.24) is 4.90 Å². The maximum absolute atomic E-state index is 11.6. The number of nitrogens with two attached hydrogens (primary N) is 1. The van der Waals surface area contributed by atoms with Crippen molar-refractivity contribution in [2.24, 2.45) is 11.7 Å². The molecule has 0 aromatic carbocycles. The number of carbonyl (C=O) groups excluding carboxylic acids is 1. The van der Waals surface area contributed by atoms with E-state index < -0.39 is 5.54 Å². The predicted molar refractivity (Wildman–Crippen MR) is 55.4 cm³/mol. The quantitative estimate of drug-likeness (QED) is 0.717. The molecule has 13 heavy (non-hydrogen) atoms. The lowest BCUT2D eigenvalue weighted by Gasteiger charge is -2.27.